The molecule has 0 bridgehead atoms. The van der Waals surface area contributed by atoms with Crippen molar-refractivity contribution in [3.05, 3.63) is 35.0 Å². The number of H-pyrrole nitrogens is 1. The molecule has 4 nitrogen and oxygen atoms in total. The van der Waals surface area contributed by atoms with Crippen LogP contribution in [0.15, 0.2) is 18.2 Å². The quantitative estimate of drug-likeness (QED) is 0.802. The Morgan fingerprint density at radius 1 is 1.35 bits per heavy atom. The van der Waals surface area contributed by atoms with Crippen LogP contribution in [0.25, 0.3) is 10.9 Å². The van der Waals surface area contributed by atoms with Crippen molar-refractivity contribution in [1.29, 1.82) is 0 Å². The first-order valence-electron chi connectivity index (χ1n) is 6.96. The molecule has 2 rings (SSSR count). The number of amides is 1. The highest BCUT2D eigenvalue weighted by Crippen LogP contribution is 2.22. The van der Waals surface area contributed by atoms with Crippen LogP contribution in [-0.2, 0) is 0 Å². The average molecular weight is 274 g/mol. The van der Waals surface area contributed by atoms with Crippen molar-refractivity contribution in [3.63, 3.8) is 0 Å². The van der Waals surface area contributed by atoms with Crippen molar-refractivity contribution in [3.8, 4) is 0 Å². The molecule has 0 aliphatic rings. The molecule has 108 valence electrons. The van der Waals surface area contributed by atoms with Gasteiger partial charge in [-0.25, -0.2) is 0 Å². The van der Waals surface area contributed by atoms with Gasteiger partial charge in [-0.2, -0.15) is 0 Å². The van der Waals surface area contributed by atoms with Gasteiger partial charge in [-0.1, -0.05) is 0 Å². The van der Waals surface area contributed by atoms with Crippen LogP contribution in [0.2, 0.25) is 0 Å². The molecule has 2 atom stereocenters. The van der Waals surface area contributed by atoms with E-state index in [4.69, 9.17) is 0 Å². The number of hydrogen-bond acceptors (Lipinski definition) is 2. The fraction of sp³-hybridized carbons (Fsp3) is 0.438. The molecule has 2 unspecified atom stereocenters. The zero-order valence-electron chi connectivity index (χ0n) is 12.4. The van der Waals surface area contributed by atoms with Crippen LogP contribution in [0.5, 0.6) is 0 Å². The van der Waals surface area contributed by atoms with E-state index in [1.165, 1.54) is 5.56 Å². The van der Waals surface area contributed by atoms with Crippen LogP contribution in [0.4, 0.5) is 0 Å². The average Bonchev–Trinajstić information content (AvgIpc) is 2.63. The fourth-order valence-corrected chi connectivity index (χ4v) is 2.48. The van der Waals surface area contributed by atoms with E-state index in [-0.39, 0.29) is 11.9 Å². The number of aliphatic hydroxyl groups is 1. The van der Waals surface area contributed by atoms with E-state index in [0.717, 1.165) is 16.6 Å². The van der Waals surface area contributed by atoms with Crippen LogP contribution < -0.4 is 5.32 Å². The molecule has 4 heteroatoms. The SMILES string of the molecule is Cc1[nH]c2ccc(C(=O)NC(C)CC(C)O)cc2c1C. The normalized spacial score (nSPS) is 14.2. The monoisotopic (exact) mass is 274 g/mol. The van der Waals surface area contributed by atoms with Gasteiger partial charge in [0.2, 0.25) is 0 Å². The van der Waals surface area contributed by atoms with Gasteiger partial charge in [0.05, 0.1) is 6.10 Å². The van der Waals surface area contributed by atoms with Crippen molar-refractivity contribution < 1.29 is 9.90 Å². The summed E-state index contributed by atoms with van der Waals surface area (Å²) < 4.78 is 0. The third-order valence-electron chi connectivity index (χ3n) is 3.64. The smallest absolute Gasteiger partial charge is 0.251 e. The van der Waals surface area contributed by atoms with E-state index in [1.54, 1.807) is 6.92 Å². The van der Waals surface area contributed by atoms with Crippen molar-refractivity contribution in [1.82, 2.24) is 10.3 Å². The Labute approximate surface area is 119 Å². The second-order valence-electron chi connectivity index (χ2n) is 5.59. The Balaban J connectivity index is 2.20. The molecule has 2 aromatic rings. The minimum Gasteiger partial charge on any atom is -0.393 e. The first kappa shape index (κ1) is 14.6. The summed E-state index contributed by atoms with van der Waals surface area (Å²) in [5.74, 6) is -0.0988. The molecule has 0 aliphatic carbocycles. The highest BCUT2D eigenvalue weighted by Gasteiger charge is 2.13. The number of rotatable bonds is 4. The van der Waals surface area contributed by atoms with Crippen molar-refractivity contribution in [2.45, 2.75) is 46.3 Å². The summed E-state index contributed by atoms with van der Waals surface area (Å²) in [6, 6.07) is 5.62. The van der Waals surface area contributed by atoms with E-state index in [9.17, 15) is 9.90 Å². The lowest BCUT2D eigenvalue weighted by atomic mass is 10.1. The van der Waals surface area contributed by atoms with Gasteiger partial charge in [-0.15, -0.1) is 0 Å². The maximum atomic E-state index is 12.2. The number of fused-ring (bicyclic) bond motifs is 1. The Morgan fingerprint density at radius 2 is 2.05 bits per heavy atom. The van der Waals surface area contributed by atoms with Gasteiger partial charge in [0, 0.05) is 28.2 Å². The first-order valence-corrected chi connectivity index (χ1v) is 6.96. The molecule has 1 aromatic heterocycles. The Hall–Kier alpha value is -1.81. The molecular weight excluding hydrogens is 252 g/mol. The van der Waals surface area contributed by atoms with Crippen LogP contribution >= 0.6 is 0 Å². The number of aromatic amines is 1. The molecule has 1 heterocycles. The van der Waals surface area contributed by atoms with Crippen LogP contribution in [-0.4, -0.2) is 28.1 Å². The first-order chi connectivity index (χ1) is 9.38. The van der Waals surface area contributed by atoms with E-state index in [1.807, 2.05) is 39.0 Å². The number of hydrogen-bond donors (Lipinski definition) is 3. The van der Waals surface area contributed by atoms with E-state index in [2.05, 4.69) is 10.3 Å². The van der Waals surface area contributed by atoms with Crippen LogP contribution in [0.1, 0.15) is 41.9 Å². The maximum Gasteiger partial charge on any atom is 0.251 e. The lowest BCUT2D eigenvalue weighted by Crippen LogP contribution is -2.34. The molecule has 20 heavy (non-hydrogen) atoms. The van der Waals surface area contributed by atoms with Gasteiger partial charge in [0.15, 0.2) is 0 Å². The summed E-state index contributed by atoms with van der Waals surface area (Å²) in [5, 5.41) is 13.3. The highest BCUT2D eigenvalue weighted by atomic mass is 16.3. The number of benzene rings is 1. The zero-order valence-corrected chi connectivity index (χ0v) is 12.4. The number of aromatic nitrogens is 1. The molecule has 0 aliphatic heterocycles. The fourth-order valence-electron chi connectivity index (χ4n) is 2.48. The van der Waals surface area contributed by atoms with Crippen LogP contribution in [0, 0.1) is 13.8 Å². The Bertz CT molecular complexity index is 629. The Morgan fingerprint density at radius 3 is 2.70 bits per heavy atom. The molecule has 0 saturated carbocycles. The summed E-state index contributed by atoms with van der Waals surface area (Å²) in [6.45, 7) is 7.70. The van der Waals surface area contributed by atoms with Crippen LogP contribution in [0.3, 0.4) is 0 Å². The maximum absolute atomic E-state index is 12.2. The largest absolute Gasteiger partial charge is 0.393 e. The lowest BCUT2D eigenvalue weighted by molar-refractivity contribution is 0.0923. The number of aliphatic hydroxyl groups excluding tert-OH is 1. The standard InChI is InChI=1S/C16H22N2O2/c1-9(7-10(2)19)17-16(20)13-5-6-15-14(8-13)11(3)12(4)18-15/h5-6,8-10,18-19H,7H2,1-4H3,(H,17,20). The number of aryl methyl sites for hydroxylation is 2. The van der Waals surface area contributed by atoms with Crippen molar-refractivity contribution >= 4 is 16.8 Å². The summed E-state index contributed by atoms with van der Waals surface area (Å²) in [5.41, 5.74) is 4.00. The van der Waals surface area contributed by atoms with E-state index >= 15 is 0 Å². The van der Waals surface area contributed by atoms with Crippen molar-refractivity contribution in [2.24, 2.45) is 0 Å². The lowest BCUT2D eigenvalue weighted by Gasteiger charge is -2.15. The van der Waals surface area contributed by atoms with Gasteiger partial charge < -0.3 is 15.4 Å². The highest BCUT2D eigenvalue weighted by molar-refractivity contribution is 5.99. The predicted molar refractivity (Wildman–Crippen MR) is 81.0 cm³/mol. The van der Waals surface area contributed by atoms with Crippen molar-refractivity contribution in [2.75, 3.05) is 0 Å². The summed E-state index contributed by atoms with van der Waals surface area (Å²) in [6.07, 6.45) is 0.137. The molecule has 0 fully saturated rings. The van der Waals surface area contributed by atoms with Gasteiger partial charge in [-0.3, -0.25) is 4.79 Å². The second-order valence-corrected chi connectivity index (χ2v) is 5.59. The molecule has 0 saturated heterocycles. The van der Waals surface area contributed by atoms with Gasteiger partial charge in [0.25, 0.3) is 5.91 Å². The van der Waals surface area contributed by atoms with E-state index < -0.39 is 6.10 Å². The number of nitrogens with one attached hydrogen (secondary N) is 2. The Kier molecular flexibility index (Phi) is 4.14. The minimum absolute atomic E-state index is 0.0488. The van der Waals surface area contributed by atoms with Gasteiger partial charge in [0.1, 0.15) is 0 Å². The summed E-state index contributed by atoms with van der Waals surface area (Å²) in [4.78, 5) is 15.5. The summed E-state index contributed by atoms with van der Waals surface area (Å²) >= 11 is 0. The zero-order chi connectivity index (χ0) is 14.9. The van der Waals surface area contributed by atoms with Gasteiger partial charge >= 0.3 is 0 Å². The molecule has 3 N–H and O–H groups in total. The molecule has 0 radical (unpaired) electrons. The van der Waals surface area contributed by atoms with E-state index in [0.29, 0.717) is 12.0 Å². The van der Waals surface area contributed by atoms with Gasteiger partial charge in [-0.05, 0) is 57.9 Å². The molecule has 1 aromatic carbocycles. The predicted octanol–water partition coefficient (Wildman–Crippen LogP) is 2.67. The second kappa shape index (κ2) is 5.67. The number of carbonyl (C=O) groups excluding carboxylic acids is 1. The topological polar surface area (TPSA) is 65.1 Å². The summed E-state index contributed by atoms with van der Waals surface area (Å²) in [7, 11) is 0. The molecular formula is C16H22N2O2. The molecule has 0 spiro atoms. The third kappa shape index (κ3) is 3.02. The number of carbonyl (C=O) groups is 1. The third-order valence-corrected chi connectivity index (χ3v) is 3.64. The molecule has 1 amide bonds. The minimum atomic E-state index is -0.414.